The summed E-state index contributed by atoms with van der Waals surface area (Å²) in [5.74, 6) is 0.445. The first-order valence-electron chi connectivity index (χ1n) is 3.85. The third-order valence-electron chi connectivity index (χ3n) is 2.70. The van der Waals surface area contributed by atoms with Gasteiger partial charge in [-0.3, -0.25) is 4.90 Å². The fraction of sp³-hybridized carbons (Fsp3) is 1.00. The molecule has 3 aliphatic heterocycles. The van der Waals surface area contributed by atoms with E-state index in [0.29, 0.717) is 5.92 Å². The summed E-state index contributed by atoms with van der Waals surface area (Å²) in [7, 11) is 0. The lowest BCUT2D eigenvalue weighted by atomic mass is 9.85. The van der Waals surface area contributed by atoms with Gasteiger partial charge in [0.1, 0.15) is 4.93 Å². The van der Waals surface area contributed by atoms with E-state index in [9.17, 15) is 5.11 Å². The molecule has 0 amide bonds. The van der Waals surface area contributed by atoms with Gasteiger partial charge < -0.3 is 5.11 Å². The van der Waals surface area contributed by atoms with E-state index in [4.69, 9.17) is 0 Å². The van der Waals surface area contributed by atoms with Gasteiger partial charge in [0, 0.05) is 12.5 Å². The third-order valence-corrected chi connectivity index (χ3v) is 3.20. The molecule has 0 aromatic carbocycles. The molecule has 3 fully saturated rings. The standard InChI is InChI=1S/C7H13NOS/c9-7(10)5-8-3-1-6(7)2-4-8/h6,9-10H,1-5H2. The molecule has 2 nitrogen and oxygen atoms in total. The summed E-state index contributed by atoms with van der Waals surface area (Å²) in [5, 5.41) is 9.69. The van der Waals surface area contributed by atoms with Crippen LogP contribution in [0.2, 0.25) is 0 Å². The topological polar surface area (TPSA) is 23.5 Å². The first kappa shape index (κ1) is 6.95. The monoisotopic (exact) mass is 159 g/mol. The van der Waals surface area contributed by atoms with E-state index >= 15 is 0 Å². The second kappa shape index (κ2) is 2.13. The van der Waals surface area contributed by atoms with E-state index in [2.05, 4.69) is 17.5 Å². The lowest BCUT2D eigenvalue weighted by Crippen LogP contribution is -2.56. The zero-order chi connectivity index (χ0) is 7.19. The SMILES string of the molecule is OC1(S)CN2CCC1CC2. The first-order chi connectivity index (χ1) is 4.68. The predicted octanol–water partition coefficient (Wildman–Crippen LogP) is 0.330. The molecule has 3 rings (SSSR count). The molecule has 3 saturated heterocycles. The smallest absolute Gasteiger partial charge is 0.123 e. The Morgan fingerprint density at radius 3 is 2.20 bits per heavy atom. The van der Waals surface area contributed by atoms with E-state index in [1.165, 1.54) is 0 Å². The predicted molar refractivity (Wildman–Crippen MR) is 43.1 cm³/mol. The average Bonchev–Trinajstić information content (AvgIpc) is 1.87. The fourth-order valence-electron chi connectivity index (χ4n) is 2.01. The molecule has 3 heteroatoms. The van der Waals surface area contributed by atoms with Crippen molar-refractivity contribution in [1.82, 2.24) is 4.90 Å². The van der Waals surface area contributed by atoms with Crippen LogP contribution in [0.25, 0.3) is 0 Å². The van der Waals surface area contributed by atoms with Crippen molar-refractivity contribution in [2.75, 3.05) is 19.6 Å². The zero-order valence-electron chi connectivity index (χ0n) is 5.95. The van der Waals surface area contributed by atoms with E-state index in [0.717, 1.165) is 32.5 Å². The van der Waals surface area contributed by atoms with Gasteiger partial charge in [-0.1, -0.05) is 0 Å². The molecule has 1 N–H and O–H groups in total. The van der Waals surface area contributed by atoms with Crippen molar-refractivity contribution >= 4 is 12.6 Å². The van der Waals surface area contributed by atoms with Crippen molar-refractivity contribution in [2.45, 2.75) is 17.8 Å². The molecule has 3 aliphatic rings. The van der Waals surface area contributed by atoms with Crippen LogP contribution in [0.3, 0.4) is 0 Å². The highest BCUT2D eigenvalue weighted by molar-refractivity contribution is 7.81. The van der Waals surface area contributed by atoms with Crippen LogP contribution in [0.15, 0.2) is 0 Å². The van der Waals surface area contributed by atoms with Crippen molar-refractivity contribution < 1.29 is 5.11 Å². The molecular weight excluding hydrogens is 146 g/mol. The summed E-state index contributed by atoms with van der Waals surface area (Å²) in [6.07, 6.45) is 2.25. The number of hydrogen-bond donors (Lipinski definition) is 2. The average molecular weight is 159 g/mol. The van der Waals surface area contributed by atoms with Gasteiger partial charge in [0.2, 0.25) is 0 Å². The Balaban J connectivity index is 2.15. The molecule has 0 spiro atoms. The number of thiol groups is 1. The molecule has 1 atom stereocenters. The maximum absolute atomic E-state index is 9.69. The number of nitrogens with zero attached hydrogens (tertiary/aromatic N) is 1. The van der Waals surface area contributed by atoms with E-state index in [1.807, 2.05) is 0 Å². The lowest BCUT2D eigenvalue weighted by molar-refractivity contribution is -0.0462. The van der Waals surface area contributed by atoms with Gasteiger partial charge in [-0.15, -0.1) is 12.6 Å². The highest BCUT2D eigenvalue weighted by Gasteiger charge is 2.42. The first-order valence-corrected chi connectivity index (χ1v) is 4.30. The van der Waals surface area contributed by atoms with Gasteiger partial charge in [-0.2, -0.15) is 0 Å². The second-order valence-corrected chi connectivity index (χ2v) is 4.20. The van der Waals surface area contributed by atoms with Crippen LogP contribution in [0, 0.1) is 5.92 Å². The lowest BCUT2D eigenvalue weighted by Gasteiger charge is -2.47. The maximum Gasteiger partial charge on any atom is 0.123 e. The van der Waals surface area contributed by atoms with Gasteiger partial charge >= 0.3 is 0 Å². The molecular formula is C7H13NOS. The van der Waals surface area contributed by atoms with Crippen LogP contribution in [-0.2, 0) is 0 Å². The van der Waals surface area contributed by atoms with Gasteiger partial charge in [0.25, 0.3) is 0 Å². The highest BCUT2D eigenvalue weighted by atomic mass is 32.1. The fourth-order valence-corrected chi connectivity index (χ4v) is 2.47. The van der Waals surface area contributed by atoms with Crippen LogP contribution in [0.4, 0.5) is 0 Å². The molecule has 0 aromatic heterocycles. The van der Waals surface area contributed by atoms with Crippen molar-refractivity contribution in [3.05, 3.63) is 0 Å². The van der Waals surface area contributed by atoms with Crippen LogP contribution in [0.1, 0.15) is 12.8 Å². The quantitative estimate of drug-likeness (QED) is 0.393. The minimum absolute atomic E-state index is 0.445. The van der Waals surface area contributed by atoms with Crippen LogP contribution >= 0.6 is 12.6 Å². The highest BCUT2D eigenvalue weighted by Crippen LogP contribution is 2.37. The Kier molecular flexibility index (Phi) is 1.48. The van der Waals surface area contributed by atoms with Gasteiger partial charge in [0.15, 0.2) is 0 Å². The van der Waals surface area contributed by atoms with E-state index in [1.54, 1.807) is 0 Å². The molecule has 0 aromatic rings. The van der Waals surface area contributed by atoms with Crippen LogP contribution < -0.4 is 0 Å². The largest absolute Gasteiger partial charge is 0.378 e. The van der Waals surface area contributed by atoms with E-state index < -0.39 is 4.93 Å². The summed E-state index contributed by atoms with van der Waals surface area (Å²) in [5.41, 5.74) is 0. The minimum atomic E-state index is -0.684. The molecule has 0 aliphatic carbocycles. The Labute approximate surface area is 66.6 Å². The summed E-state index contributed by atoms with van der Waals surface area (Å²) in [4.78, 5) is 1.60. The molecule has 2 bridgehead atoms. The second-order valence-electron chi connectivity index (χ2n) is 3.43. The normalized spacial score (nSPS) is 53.4. The number of hydrogen-bond acceptors (Lipinski definition) is 3. The maximum atomic E-state index is 9.69. The number of aliphatic hydroxyl groups is 1. The summed E-state index contributed by atoms with van der Waals surface area (Å²) in [6, 6.07) is 0. The van der Waals surface area contributed by atoms with Crippen LogP contribution in [-0.4, -0.2) is 34.6 Å². The Hall–Kier alpha value is 0.270. The van der Waals surface area contributed by atoms with Gasteiger partial charge in [0.05, 0.1) is 0 Å². The van der Waals surface area contributed by atoms with Crippen molar-refractivity contribution in [3.63, 3.8) is 0 Å². The van der Waals surface area contributed by atoms with Crippen molar-refractivity contribution in [2.24, 2.45) is 5.92 Å². The van der Waals surface area contributed by atoms with Crippen molar-refractivity contribution in [1.29, 1.82) is 0 Å². The van der Waals surface area contributed by atoms with Gasteiger partial charge in [-0.05, 0) is 25.9 Å². The summed E-state index contributed by atoms with van der Waals surface area (Å²) in [6.45, 7) is 3.09. The van der Waals surface area contributed by atoms with Gasteiger partial charge in [-0.25, -0.2) is 0 Å². The Morgan fingerprint density at radius 2 is 2.00 bits per heavy atom. The van der Waals surface area contributed by atoms with Crippen LogP contribution in [0.5, 0.6) is 0 Å². The minimum Gasteiger partial charge on any atom is -0.378 e. The Bertz CT molecular complexity index is 141. The third kappa shape index (κ3) is 0.966. The molecule has 0 saturated carbocycles. The molecule has 10 heavy (non-hydrogen) atoms. The molecule has 3 heterocycles. The number of piperidine rings is 3. The molecule has 0 radical (unpaired) electrons. The summed E-state index contributed by atoms with van der Waals surface area (Å²) < 4.78 is 0. The Morgan fingerprint density at radius 1 is 1.40 bits per heavy atom. The van der Waals surface area contributed by atoms with E-state index in [-0.39, 0.29) is 0 Å². The molecule has 1 unspecified atom stereocenters. The van der Waals surface area contributed by atoms with Crippen molar-refractivity contribution in [3.8, 4) is 0 Å². The number of fused-ring (bicyclic) bond motifs is 3. The zero-order valence-corrected chi connectivity index (χ0v) is 6.85. The number of rotatable bonds is 0. The summed E-state index contributed by atoms with van der Waals surface area (Å²) >= 11 is 4.24. The molecule has 58 valence electrons.